The predicted molar refractivity (Wildman–Crippen MR) is 81.2 cm³/mol. The van der Waals surface area contributed by atoms with Gasteiger partial charge in [0.1, 0.15) is 0 Å². The van der Waals surface area contributed by atoms with Crippen molar-refractivity contribution >= 4 is 0 Å². The van der Waals surface area contributed by atoms with Crippen molar-refractivity contribution < 1.29 is 5.11 Å². The van der Waals surface area contributed by atoms with Gasteiger partial charge >= 0.3 is 0 Å². The maximum Gasteiger partial charge on any atom is 0.0695 e. The second-order valence-electron chi connectivity index (χ2n) is 7.57. The van der Waals surface area contributed by atoms with Crippen LogP contribution in [-0.2, 0) is 0 Å². The fourth-order valence-corrected chi connectivity index (χ4v) is 4.10. The monoisotopic (exact) mass is 267 g/mol. The van der Waals surface area contributed by atoms with E-state index in [2.05, 4.69) is 32.6 Å². The van der Waals surface area contributed by atoms with Crippen molar-refractivity contribution in [1.82, 2.24) is 4.90 Å². The summed E-state index contributed by atoms with van der Waals surface area (Å²) in [6.45, 7) is 10.7. The Morgan fingerprint density at radius 2 is 1.89 bits per heavy atom. The summed E-state index contributed by atoms with van der Waals surface area (Å²) in [6.07, 6.45) is 8.56. The molecule has 2 heteroatoms. The zero-order valence-electron chi connectivity index (χ0n) is 13.4. The summed E-state index contributed by atoms with van der Waals surface area (Å²) in [6, 6.07) is 1.08. The lowest BCUT2D eigenvalue weighted by molar-refractivity contribution is -0.0428. The van der Waals surface area contributed by atoms with Crippen LogP contribution in [0.15, 0.2) is 0 Å². The summed E-state index contributed by atoms with van der Waals surface area (Å²) >= 11 is 0. The van der Waals surface area contributed by atoms with Gasteiger partial charge in [0.15, 0.2) is 0 Å². The first-order chi connectivity index (χ1) is 8.95. The molecule has 1 N–H and O–H groups in total. The fraction of sp³-hybridized carbons (Fsp3) is 1.00. The van der Waals surface area contributed by atoms with E-state index in [4.69, 9.17) is 0 Å². The number of hydrogen-bond donors (Lipinski definition) is 1. The lowest BCUT2D eigenvalue weighted by Gasteiger charge is -2.48. The number of aliphatic hydroxyl groups is 1. The van der Waals surface area contributed by atoms with E-state index < -0.39 is 0 Å². The van der Waals surface area contributed by atoms with Crippen LogP contribution in [0.5, 0.6) is 0 Å². The molecule has 0 spiro atoms. The molecule has 0 bridgehead atoms. The summed E-state index contributed by atoms with van der Waals surface area (Å²) in [4.78, 5) is 2.62. The minimum Gasteiger partial charge on any atom is -0.391 e. The Kier molecular flexibility index (Phi) is 4.94. The molecule has 0 amide bonds. The van der Waals surface area contributed by atoms with Gasteiger partial charge in [0, 0.05) is 12.1 Å². The summed E-state index contributed by atoms with van der Waals surface area (Å²) in [7, 11) is 0. The average Bonchev–Trinajstić information content (AvgIpc) is 2.40. The first-order valence-corrected chi connectivity index (χ1v) is 8.39. The molecule has 112 valence electrons. The van der Waals surface area contributed by atoms with Crippen LogP contribution < -0.4 is 0 Å². The predicted octanol–water partition coefficient (Wildman–Crippen LogP) is 3.83. The normalized spacial score (nSPS) is 38.4. The Hall–Kier alpha value is -0.0800. The van der Waals surface area contributed by atoms with Gasteiger partial charge in [-0.2, -0.15) is 0 Å². The highest BCUT2D eigenvalue weighted by molar-refractivity contribution is 4.93. The third-order valence-corrected chi connectivity index (χ3v) is 6.08. The van der Waals surface area contributed by atoms with Gasteiger partial charge < -0.3 is 5.11 Å². The third kappa shape index (κ3) is 3.33. The van der Waals surface area contributed by atoms with Crippen molar-refractivity contribution in [2.45, 2.75) is 90.8 Å². The number of rotatable bonds is 3. The molecule has 2 aliphatic rings. The molecule has 1 saturated heterocycles. The minimum atomic E-state index is -0.0931. The Morgan fingerprint density at radius 3 is 2.53 bits per heavy atom. The third-order valence-electron chi connectivity index (χ3n) is 6.08. The second-order valence-corrected chi connectivity index (χ2v) is 7.57. The van der Waals surface area contributed by atoms with E-state index in [1.807, 2.05) is 0 Å². The summed E-state index contributed by atoms with van der Waals surface area (Å²) < 4.78 is 0. The second kappa shape index (κ2) is 6.13. The maximum absolute atomic E-state index is 10.5. The van der Waals surface area contributed by atoms with Crippen molar-refractivity contribution in [3.05, 3.63) is 0 Å². The molecule has 0 aromatic rings. The maximum atomic E-state index is 10.5. The Balaban J connectivity index is 2.05. The van der Waals surface area contributed by atoms with Crippen molar-refractivity contribution in [1.29, 1.82) is 0 Å². The van der Waals surface area contributed by atoms with Crippen LogP contribution >= 0.6 is 0 Å². The quantitative estimate of drug-likeness (QED) is 0.840. The molecule has 1 aliphatic carbocycles. The summed E-state index contributed by atoms with van der Waals surface area (Å²) in [5.74, 6) is 0.778. The lowest BCUT2D eigenvalue weighted by Crippen LogP contribution is -2.53. The molecule has 4 atom stereocenters. The number of aliphatic hydroxyl groups excluding tert-OH is 1. The van der Waals surface area contributed by atoms with E-state index in [1.54, 1.807) is 0 Å². The van der Waals surface area contributed by atoms with Gasteiger partial charge in [-0.15, -0.1) is 0 Å². The molecule has 19 heavy (non-hydrogen) atoms. The average molecular weight is 267 g/mol. The van der Waals surface area contributed by atoms with E-state index in [9.17, 15) is 5.11 Å². The van der Waals surface area contributed by atoms with E-state index >= 15 is 0 Å². The van der Waals surface area contributed by atoms with E-state index in [0.717, 1.165) is 12.3 Å². The molecule has 1 heterocycles. The number of piperidine rings is 1. The molecule has 0 aromatic heterocycles. The molecule has 0 radical (unpaired) electrons. The van der Waals surface area contributed by atoms with Crippen molar-refractivity contribution in [2.24, 2.45) is 11.3 Å². The zero-order chi connectivity index (χ0) is 14.0. The molecule has 2 nitrogen and oxygen atoms in total. The van der Waals surface area contributed by atoms with Crippen molar-refractivity contribution in [3.63, 3.8) is 0 Å². The van der Waals surface area contributed by atoms with Crippen LogP contribution in [0.25, 0.3) is 0 Å². The number of likely N-dealkylation sites (tertiary alicyclic amines) is 1. The van der Waals surface area contributed by atoms with Crippen LogP contribution in [0.2, 0.25) is 0 Å². The van der Waals surface area contributed by atoms with Gasteiger partial charge in [0.2, 0.25) is 0 Å². The highest BCUT2D eigenvalue weighted by Crippen LogP contribution is 2.42. The molecule has 4 unspecified atom stereocenters. The standard InChI is InChI=1S/C17H33NO/c1-5-17(3,4)14-9-10-16(19)15(12-14)18-11-7-6-8-13(18)2/h13-16,19H,5-12H2,1-4H3. The first kappa shape index (κ1) is 15.3. The van der Waals surface area contributed by atoms with E-state index in [1.165, 1.54) is 45.1 Å². The molecule has 0 aromatic carbocycles. The number of hydrogen-bond acceptors (Lipinski definition) is 2. The van der Waals surface area contributed by atoms with Gasteiger partial charge in [-0.25, -0.2) is 0 Å². The molecular formula is C17H33NO. The largest absolute Gasteiger partial charge is 0.391 e. The molecule has 2 fully saturated rings. The van der Waals surface area contributed by atoms with Crippen LogP contribution in [0.3, 0.4) is 0 Å². The van der Waals surface area contributed by atoms with Gasteiger partial charge in [-0.1, -0.05) is 33.6 Å². The van der Waals surface area contributed by atoms with Crippen LogP contribution in [-0.4, -0.2) is 34.7 Å². The van der Waals surface area contributed by atoms with E-state index in [0.29, 0.717) is 17.5 Å². The zero-order valence-corrected chi connectivity index (χ0v) is 13.4. The highest BCUT2D eigenvalue weighted by atomic mass is 16.3. The van der Waals surface area contributed by atoms with Crippen molar-refractivity contribution in [2.75, 3.05) is 6.54 Å². The smallest absolute Gasteiger partial charge is 0.0695 e. The topological polar surface area (TPSA) is 23.5 Å². The van der Waals surface area contributed by atoms with Crippen LogP contribution in [0.4, 0.5) is 0 Å². The van der Waals surface area contributed by atoms with Crippen LogP contribution in [0.1, 0.15) is 72.6 Å². The Morgan fingerprint density at radius 1 is 1.16 bits per heavy atom. The Labute approximate surface area is 119 Å². The van der Waals surface area contributed by atoms with E-state index in [-0.39, 0.29) is 6.10 Å². The van der Waals surface area contributed by atoms with Crippen LogP contribution in [0, 0.1) is 11.3 Å². The summed E-state index contributed by atoms with van der Waals surface area (Å²) in [5.41, 5.74) is 0.428. The Bertz CT molecular complexity index is 289. The number of nitrogens with zero attached hydrogens (tertiary/aromatic N) is 1. The molecular weight excluding hydrogens is 234 g/mol. The van der Waals surface area contributed by atoms with Gasteiger partial charge in [-0.3, -0.25) is 4.90 Å². The van der Waals surface area contributed by atoms with Gasteiger partial charge in [0.25, 0.3) is 0 Å². The summed E-state index contributed by atoms with van der Waals surface area (Å²) in [5, 5.41) is 10.5. The lowest BCUT2D eigenvalue weighted by atomic mass is 9.67. The minimum absolute atomic E-state index is 0.0931. The molecule has 1 aliphatic heterocycles. The van der Waals surface area contributed by atoms with Gasteiger partial charge in [-0.05, 0) is 56.9 Å². The molecule has 1 saturated carbocycles. The van der Waals surface area contributed by atoms with Crippen molar-refractivity contribution in [3.8, 4) is 0 Å². The fourth-order valence-electron chi connectivity index (χ4n) is 4.10. The molecule has 2 rings (SSSR count). The van der Waals surface area contributed by atoms with Gasteiger partial charge in [0.05, 0.1) is 6.10 Å². The SMILES string of the molecule is CCC(C)(C)C1CCC(O)C(N2CCCCC2C)C1. The first-order valence-electron chi connectivity index (χ1n) is 8.39. The highest BCUT2D eigenvalue weighted by Gasteiger charge is 2.40.